The molecule has 20 heavy (non-hydrogen) atoms. The summed E-state index contributed by atoms with van der Waals surface area (Å²) in [6, 6.07) is 5.59. The number of thioether (sulfide) groups is 1. The zero-order chi connectivity index (χ0) is 14.5. The molecule has 0 atom stereocenters. The van der Waals surface area contributed by atoms with Crippen molar-refractivity contribution in [3.05, 3.63) is 45.1 Å². The smallest absolute Gasteiger partial charge is 0.234 e. The van der Waals surface area contributed by atoms with Gasteiger partial charge in [-0.25, -0.2) is 9.97 Å². The Kier molecular flexibility index (Phi) is 5.56. The minimum absolute atomic E-state index is 0.0893. The maximum absolute atomic E-state index is 12.0. The van der Waals surface area contributed by atoms with Gasteiger partial charge in [-0.2, -0.15) is 0 Å². The third kappa shape index (κ3) is 4.29. The molecule has 0 bridgehead atoms. The van der Waals surface area contributed by atoms with Crippen molar-refractivity contribution in [3.8, 4) is 0 Å². The second-order valence-electron chi connectivity index (χ2n) is 3.95. The molecule has 0 aliphatic carbocycles. The number of hydrogen-bond acceptors (Lipinski definition) is 4. The molecule has 1 heterocycles. The van der Waals surface area contributed by atoms with Crippen LogP contribution in [-0.2, 0) is 4.79 Å². The van der Waals surface area contributed by atoms with Gasteiger partial charge in [0.25, 0.3) is 0 Å². The van der Waals surface area contributed by atoms with Crippen LogP contribution in [0.4, 0.5) is 5.69 Å². The van der Waals surface area contributed by atoms with Crippen molar-refractivity contribution in [1.82, 2.24) is 9.97 Å². The minimum atomic E-state index is -0.0893. The number of benzene rings is 1. The molecule has 0 fully saturated rings. The predicted molar refractivity (Wildman–Crippen MR) is 88.0 cm³/mol. The fourth-order valence-electron chi connectivity index (χ4n) is 1.53. The van der Waals surface area contributed by atoms with E-state index in [0.717, 1.165) is 20.2 Å². The van der Waals surface area contributed by atoms with Gasteiger partial charge in [0.2, 0.25) is 5.91 Å². The van der Waals surface area contributed by atoms with E-state index in [2.05, 4.69) is 47.1 Å². The third-order valence-corrected chi connectivity index (χ3v) is 4.35. The Hall–Kier alpha value is -0.920. The summed E-state index contributed by atoms with van der Waals surface area (Å²) in [6.45, 7) is 1.94. The summed E-state index contributed by atoms with van der Waals surface area (Å²) in [6.07, 6.45) is 3.31. The van der Waals surface area contributed by atoms with Gasteiger partial charge >= 0.3 is 0 Å². The summed E-state index contributed by atoms with van der Waals surface area (Å²) in [7, 11) is 0. The lowest BCUT2D eigenvalue weighted by atomic mass is 10.2. The van der Waals surface area contributed by atoms with Gasteiger partial charge < -0.3 is 5.32 Å². The van der Waals surface area contributed by atoms with Gasteiger partial charge in [-0.1, -0.05) is 27.7 Å². The lowest BCUT2D eigenvalue weighted by molar-refractivity contribution is -0.113. The number of aromatic nitrogens is 2. The fourth-order valence-corrected chi connectivity index (χ4v) is 3.67. The molecule has 0 spiro atoms. The molecule has 2 aromatic rings. The van der Waals surface area contributed by atoms with Crippen LogP contribution in [-0.4, -0.2) is 21.6 Å². The average Bonchev–Trinajstić information content (AvgIpc) is 2.42. The number of nitrogens with zero attached hydrogens (tertiary/aromatic N) is 2. The van der Waals surface area contributed by atoms with Crippen molar-refractivity contribution in [2.75, 3.05) is 11.1 Å². The largest absolute Gasteiger partial charge is 0.324 e. The zero-order valence-corrected chi connectivity index (χ0v) is 14.5. The van der Waals surface area contributed by atoms with Crippen molar-refractivity contribution >= 4 is 55.2 Å². The molecule has 1 N–H and O–H groups in total. The molecule has 1 aromatic carbocycles. The van der Waals surface area contributed by atoms with E-state index in [-0.39, 0.29) is 11.7 Å². The van der Waals surface area contributed by atoms with E-state index < -0.39 is 0 Å². The highest BCUT2D eigenvalue weighted by Crippen LogP contribution is 2.30. The van der Waals surface area contributed by atoms with E-state index in [1.54, 1.807) is 18.5 Å². The first-order valence-electron chi connectivity index (χ1n) is 5.71. The van der Waals surface area contributed by atoms with E-state index in [0.29, 0.717) is 5.16 Å². The fraction of sp³-hybridized carbons (Fsp3) is 0.154. The van der Waals surface area contributed by atoms with Crippen LogP contribution in [0.2, 0.25) is 0 Å². The quantitative estimate of drug-likeness (QED) is 0.603. The molecule has 0 unspecified atom stereocenters. The molecule has 0 aliphatic rings. The second kappa shape index (κ2) is 7.19. The maximum atomic E-state index is 12.0. The maximum Gasteiger partial charge on any atom is 0.234 e. The number of amides is 1. The number of carbonyl (C=O) groups excluding carboxylic acids is 1. The predicted octanol–water partition coefficient (Wildman–Crippen LogP) is 4.04. The SMILES string of the molecule is Cc1cc(Br)cc(Br)c1NC(=O)CSc1ncccn1. The summed E-state index contributed by atoms with van der Waals surface area (Å²) in [5.74, 6) is 0.181. The summed E-state index contributed by atoms with van der Waals surface area (Å²) < 4.78 is 1.81. The van der Waals surface area contributed by atoms with Gasteiger partial charge in [0.05, 0.1) is 11.4 Å². The van der Waals surface area contributed by atoms with Gasteiger partial charge in [-0.3, -0.25) is 4.79 Å². The van der Waals surface area contributed by atoms with Crippen molar-refractivity contribution in [3.63, 3.8) is 0 Å². The molecule has 104 valence electrons. The average molecular weight is 417 g/mol. The van der Waals surface area contributed by atoms with Crippen LogP contribution in [0.25, 0.3) is 0 Å². The van der Waals surface area contributed by atoms with Crippen molar-refractivity contribution < 1.29 is 4.79 Å². The lowest BCUT2D eigenvalue weighted by Gasteiger charge is -2.11. The van der Waals surface area contributed by atoms with Gasteiger partial charge in [0, 0.05) is 21.3 Å². The first-order valence-corrected chi connectivity index (χ1v) is 8.29. The number of halogens is 2. The Morgan fingerprint density at radius 1 is 1.30 bits per heavy atom. The third-order valence-electron chi connectivity index (χ3n) is 2.39. The first-order chi connectivity index (χ1) is 9.56. The highest BCUT2D eigenvalue weighted by Gasteiger charge is 2.10. The number of hydrogen-bond donors (Lipinski definition) is 1. The van der Waals surface area contributed by atoms with E-state index >= 15 is 0 Å². The number of rotatable bonds is 4. The standard InChI is InChI=1S/C13H11Br2N3OS/c1-8-5-9(14)6-10(15)12(8)18-11(19)7-20-13-16-3-2-4-17-13/h2-6H,7H2,1H3,(H,18,19). The van der Waals surface area contributed by atoms with Crippen molar-refractivity contribution in [2.45, 2.75) is 12.1 Å². The summed E-state index contributed by atoms with van der Waals surface area (Å²) in [5, 5.41) is 3.48. The van der Waals surface area contributed by atoms with Gasteiger partial charge in [0.15, 0.2) is 5.16 Å². The van der Waals surface area contributed by atoms with E-state index in [1.165, 1.54) is 11.8 Å². The number of carbonyl (C=O) groups is 1. The Morgan fingerprint density at radius 2 is 2.00 bits per heavy atom. The van der Waals surface area contributed by atoms with Crippen LogP contribution in [0.1, 0.15) is 5.56 Å². The van der Waals surface area contributed by atoms with Crippen LogP contribution in [0, 0.1) is 6.92 Å². The summed E-state index contributed by atoms with van der Waals surface area (Å²) in [5.41, 5.74) is 1.77. The molecule has 2 rings (SSSR count). The van der Waals surface area contributed by atoms with Crippen molar-refractivity contribution in [2.24, 2.45) is 0 Å². The van der Waals surface area contributed by atoms with E-state index in [1.807, 2.05) is 19.1 Å². The molecule has 0 saturated carbocycles. The monoisotopic (exact) mass is 415 g/mol. The van der Waals surface area contributed by atoms with Crippen LogP contribution in [0.15, 0.2) is 44.7 Å². The van der Waals surface area contributed by atoms with Crippen LogP contribution >= 0.6 is 43.6 Å². The van der Waals surface area contributed by atoms with Crippen LogP contribution in [0.3, 0.4) is 0 Å². The molecule has 4 nitrogen and oxygen atoms in total. The Balaban J connectivity index is 1.98. The summed E-state index contributed by atoms with van der Waals surface area (Å²) >= 11 is 8.16. The van der Waals surface area contributed by atoms with Gasteiger partial charge in [-0.15, -0.1) is 0 Å². The van der Waals surface area contributed by atoms with E-state index in [4.69, 9.17) is 0 Å². The highest BCUT2D eigenvalue weighted by atomic mass is 79.9. The number of aryl methyl sites for hydroxylation is 1. The Labute approximate surface area is 138 Å². The topological polar surface area (TPSA) is 54.9 Å². The van der Waals surface area contributed by atoms with Gasteiger partial charge in [0.1, 0.15) is 0 Å². The second-order valence-corrected chi connectivity index (χ2v) is 6.66. The van der Waals surface area contributed by atoms with Crippen LogP contribution in [0.5, 0.6) is 0 Å². The van der Waals surface area contributed by atoms with Crippen molar-refractivity contribution in [1.29, 1.82) is 0 Å². The molecule has 1 amide bonds. The number of anilines is 1. The first kappa shape index (κ1) is 15.5. The molecule has 0 aliphatic heterocycles. The lowest BCUT2D eigenvalue weighted by Crippen LogP contribution is -2.15. The molecule has 0 radical (unpaired) electrons. The molecule has 0 saturated heterocycles. The van der Waals surface area contributed by atoms with E-state index in [9.17, 15) is 4.79 Å². The molecular weight excluding hydrogens is 406 g/mol. The zero-order valence-electron chi connectivity index (χ0n) is 10.6. The molecular formula is C13H11Br2N3OS. The highest BCUT2D eigenvalue weighted by molar-refractivity contribution is 9.11. The van der Waals surface area contributed by atoms with Gasteiger partial charge in [-0.05, 0) is 46.6 Å². The Morgan fingerprint density at radius 3 is 2.65 bits per heavy atom. The van der Waals surface area contributed by atoms with Crippen LogP contribution < -0.4 is 5.32 Å². The normalized spacial score (nSPS) is 10.3. The molecule has 7 heteroatoms. The number of nitrogens with one attached hydrogen (secondary N) is 1. The minimum Gasteiger partial charge on any atom is -0.324 e. The Bertz CT molecular complexity index is 599. The molecule has 1 aromatic heterocycles. The summed E-state index contributed by atoms with van der Waals surface area (Å²) in [4.78, 5) is 20.1.